The summed E-state index contributed by atoms with van der Waals surface area (Å²) in [4.78, 5) is 11.8. The van der Waals surface area contributed by atoms with Gasteiger partial charge in [0.05, 0.1) is 13.7 Å². The Hall–Kier alpha value is -1.35. The smallest absolute Gasteiger partial charge is 0.163 e. The standard InChI is InChI=1S/C13H18O3/c1-3-4-5-13(15)11-6-10(9-14)7-12(8-11)16-2/h6-8,14H,3-5,9H2,1-2H3. The molecule has 0 unspecified atom stereocenters. The SMILES string of the molecule is CCCCC(=O)c1cc(CO)cc(OC)c1. The van der Waals surface area contributed by atoms with Crippen molar-refractivity contribution in [2.45, 2.75) is 32.8 Å². The molecule has 0 saturated carbocycles. The van der Waals surface area contributed by atoms with Crippen molar-refractivity contribution in [1.29, 1.82) is 0 Å². The van der Waals surface area contributed by atoms with Crippen molar-refractivity contribution in [3.63, 3.8) is 0 Å². The van der Waals surface area contributed by atoms with Crippen LogP contribution in [0.15, 0.2) is 18.2 Å². The lowest BCUT2D eigenvalue weighted by molar-refractivity contribution is 0.0979. The van der Waals surface area contributed by atoms with Crippen LogP contribution in [-0.2, 0) is 6.61 Å². The average molecular weight is 222 g/mol. The lowest BCUT2D eigenvalue weighted by Gasteiger charge is -2.06. The minimum absolute atomic E-state index is 0.0781. The molecule has 1 aromatic rings. The molecular weight excluding hydrogens is 204 g/mol. The third kappa shape index (κ3) is 3.35. The molecule has 0 aromatic heterocycles. The molecule has 88 valence electrons. The molecule has 0 heterocycles. The molecule has 0 saturated heterocycles. The van der Waals surface area contributed by atoms with Crippen LogP contribution < -0.4 is 4.74 Å². The van der Waals surface area contributed by atoms with E-state index in [0.717, 1.165) is 12.8 Å². The molecule has 0 aliphatic rings. The molecule has 3 heteroatoms. The minimum atomic E-state index is -0.0781. The first-order valence-corrected chi connectivity index (χ1v) is 5.53. The second-order valence-electron chi connectivity index (χ2n) is 3.75. The summed E-state index contributed by atoms with van der Waals surface area (Å²) in [5.41, 5.74) is 1.33. The Morgan fingerprint density at radius 2 is 2.12 bits per heavy atom. The third-order valence-electron chi connectivity index (χ3n) is 2.46. The molecule has 0 spiro atoms. The van der Waals surface area contributed by atoms with Crippen molar-refractivity contribution in [2.24, 2.45) is 0 Å². The number of hydrogen-bond donors (Lipinski definition) is 1. The van der Waals surface area contributed by atoms with Gasteiger partial charge in [-0.1, -0.05) is 13.3 Å². The largest absolute Gasteiger partial charge is 0.497 e. The van der Waals surface area contributed by atoms with Gasteiger partial charge in [-0.05, 0) is 30.2 Å². The number of hydrogen-bond acceptors (Lipinski definition) is 3. The molecule has 1 rings (SSSR count). The van der Waals surface area contributed by atoms with Crippen LogP contribution >= 0.6 is 0 Å². The average Bonchev–Trinajstić information content (AvgIpc) is 2.35. The van der Waals surface area contributed by atoms with Gasteiger partial charge in [0.1, 0.15) is 5.75 Å². The molecule has 0 fully saturated rings. The number of carbonyl (C=O) groups is 1. The first kappa shape index (κ1) is 12.7. The maximum Gasteiger partial charge on any atom is 0.163 e. The molecule has 1 N–H and O–H groups in total. The highest BCUT2D eigenvalue weighted by Crippen LogP contribution is 2.19. The van der Waals surface area contributed by atoms with Crippen LogP contribution in [0.25, 0.3) is 0 Å². The molecule has 0 aliphatic heterocycles. The maximum atomic E-state index is 11.8. The number of carbonyl (C=O) groups excluding carboxylic acids is 1. The summed E-state index contributed by atoms with van der Waals surface area (Å²) < 4.78 is 5.09. The zero-order valence-corrected chi connectivity index (χ0v) is 9.82. The van der Waals surface area contributed by atoms with Gasteiger partial charge in [-0.3, -0.25) is 4.79 Å². The normalized spacial score (nSPS) is 10.2. The summed E-state index contributed by atoms with van der Waals surface area (Å²) in [7, 11) is 1.55. The third-order valence-corrected chi connectivity index (χ3v) is 2.46. The number of ketones is 1. The van der Waals surface area contributed by atoms with Crippen LogP contribution in [0.5, 0.6) is 5.75 Å². The molecule has 3 nitrogen and oxygen atoms in total. The monoisotopic (exact) mass is 222 g/mol. The number of aliphatic hydroxyl groups excluding tert-OH is 1. The van der Waals surface area contributed by atoms with Gasteiger partial charge in [-0.15, -0.1) is 0 Å². The molecule has 0 radical (unpaired) electrons. The van der Waals surface area contributed by atoms with Crippen molar-refractivity contribution in [3.05, 3.63) is 29.3 Å². The summed E-state index contributed by atoms with van der Waals surface area (Å²) >= 11 is 0. The lowest BCUT2D eigenvalue weighted by Crippen LogP contribution is -2.01. The Morgan fingerprint density at radius 1 is 1.38 bits per heavy atom. The van der Waals surface area contributed by atoms with E-state index in [1.54, 1.807) is 25.3 Å². The van der Waals surface area contributed by atoms with Gasteiger partial charge in [-0.25, -0.2) is 0 Å². The van der Waals surface area contributed by atoms with Gasteiger partial charge in [0.15, 0.2) is 5.78 Å². The van der Waals surface area contributed by atoms with Crippen LogP contribution in [-0.4, -0.2) is 18.0 Å². The van der Waals surface area contributed by atoms with E-state index >= 15 is 0 Å². The Kier molecular flexibility index (Phi) is 4.99. The highest BCUT2D eigenvalue weighted by atomic mass is 16.5. The number of ether oxygens (including phenoxy) is 1. The quantitative estimate of drug-likeness (QED) is 0.752. The summed E-state index contributed by atoms with van der Waals surface area (Å²) in [5.74, 6) is 0.724. The number of rotatable bonds is 6. The van der Waals surface area contributed by atoms with Crippen LogP contribution in [0.3, 0.4) is 0 Å². The van der Waals surface area contributed by atoms with E-state index in [1.807, 2.05) is 0 Å². The molecule has 0 bridgehead atoms. The first-order chi connectivity index (χ1) is 7.71. The topological polar surface area (TPSA) is 46.5 Å². The highest BCUT2D eigenvalue weighted by molar-refractivity contribution is 5.96. The Bertz CT molecular complexity index is 336. The summed E-state index contributed by atoms with van der Waals surface area (Å²) in [6.45, 7) is 1.98. The molecule has 0 amide bonds. The van der Waals surface area contributed by atoms with Gasteiger partial charge in [0, 0.05) is 12.0 Å². The van der Waals surface area contributed by atoms with E-state index in [0.29, 0.717) is 23.3 Å². The zero-order valence-electron chi connectivity index (χ0n) is 9.82. The van der Waals surface area contributed by atoms with Crippen molar-refractivity contribution in [3.8, 4) is 5.75 Å². The molecule has 16 heavy (non-hydrogen) atoms. The Balaban J connectivity index is 2.89. The van der Waals surface area contributed by atoms with Gasteiger partial charge < -0.3 is 9.84 Å². The van der Waals surface area contributed by atoms with Gasteiger partial charge in [-0.2, -0.15) is 0 Å². The summed E-state index contributed by atoms with van der Waals surface area (Å²) in [6.07, 6.45) is 2.45. The van der Waals surface area contributed by atoms with Gasteiger partial charge >= 0.3 is 0 Å². The Labute approximate surface area is 96.1 Å². The van der Waals surface area contributed by atoms with Crippen LogP contribution in [0.2, 0.25) is 0 Å². The number of benzene rings is 1. The molecular formula is C13H18O3. The van der Waals surface area contributed by atoms with E-state index in [9.17, 15) is 4.79 Å². The predicted molar refractivity (Wildman–Crippen MR) is 62.8 cm³/mol. The second-order valence-corrected chi connectivity index (χ2v) is 3.75. The molecule has 1 aromatic carbocycles. The van der Waals surface area contributed by atoms with Crippen molar-refractivity contribution < 1.29 is 14.6 Å². The van der Waals surface area contributed by atoms with Crippen LogP contribution in [0, 0.1) is 0 Å². The van der Waals surface area contributed by atoms with E-state index in [2.05, 4.69) is 6.92 Å². The van der Waals surface area contributed by atoms with E-state index in [4.69, 9.17) is 9.84 Å². The number of unbranched alkanes of at least 4 members (excludes halogenated alkanes) is 1. The van der Waals surface area contributed by atoms with Crippen molar-refractivity contribution in [2.75, 3.05) is 7.11 Å². The highest BCUT2D eigenvalue weighted by Gasteiger charge is 2.08. The van der Waals surface area contributed by atoms with E-state index in [-0.39, 0.29) is 12.4 Å². The van der Waals surface area contributed by atoms with E-state index < -0.39 is 0 Å². The maximum absolute atomic E-state index is 11.8. The fraction of sp³-hybridized carbons (Fsp3) is 0.462. The van der Waals surface area contributed by atoms with Crippen molar-refractivity contribution >= 4 is 5.78 Å². The summed E-state index contributed by atoms with van der Waals surface area (Å²) in [5, 5.41) is 9.07. The number of methoxy groups -OCH3 is 1. The minimum Gasteiger partial charge on any atom is -0.497 e. The zero-order chi connectivity index (χ0) is 12.0. The summed E-state index contributed by atoms with van der Waals surface area (Å²) in [6, 6.07) is 5.17. The first-order valence-electron chi connectivity index (χ1n) is 5.53. The van der Waals surface area contributed by atoms with Gasteiger partial charge in [0.2, 0.25) is 0 Å². The van der Waals surface area contributed by atoms with E-state index in [1.165, 1.54) is 0 Å². The molecule has 0 atom stereocenters. The van der Waals surface area contributed by atoms with Crippen molar-refractivity contribution in [1.82, 2.24) is 0 Å². The second kappa shape index (κ2) is 6.28. The predicted octanol–water partition coefficient (Wildman–Crippen LogP) is 2.56. The number of aliphatic hydroxyl groups is 1. The van der Waals surface area contributed by atoms with Crippen LogP contribution in [0.1, 0.15) is 42.1 Å². The lowest BCUT2D eigenvalue weighted by atomic mass is 10.0. The molecule has 0 aliphatic carbocycles. The fourth-order valence-corrected chi connectivity index (χ4v) is 1.51. The van der Waals surface area contributed by atoms with Crippen LogP contribution in [0.4, 0.5) is 0 Å². The van der Waals surface area contributed by atoms with Gasteiger partial charge in [0.25, 0.3) is 0 Å². The number of Topliss-reactive ketones (excluding diaryl/α,β-unsaturated/α-hetero) is 1. The Morgan fingerprint density at radius 3 is 2.69 bits per heavy atom. The fourth-order valence-electron chi connectivity index (χ4n) is 1.51.